The average molecular weight is 429 g/mol. The molecule has 0 bridgehead atoms. The lowest BCUT2D eigenvalue weighted by atomic mass is 9.97. The molecule has 0 radical (unpaired) electrons. The number of carbonyl (C=O) groups is 2. The standard InChI is InChI=1S/C21H23N3O5S/c1-14-5-3-7-16(11-14)19-13-18(22-24(19)20(25)9-10-21(26)27)15-6-4-8-17(12-15)23-30(2,28)29/h3-8,11-12,19,23H,9-10,13H2,1-2H3,(H,26,27)/t19-/m0/s1. The first-order valence-corrected chi connectivity index (χ1v) is 11.3. The number of aliphatic carboxylic acids is 1. The van der Waals surface area contributed by atoms with Crippen LogP contribution in [0.2, 0.25) is 0 Å². The predicted octanol–water partition coefficient (Wildman–Crippen LogP) is 2.91. The molecule has 3 rings (SSSR count). The highest BCUT2D eigenvalue weighted by Crippen LogP contribution is 2.34. The zero-order chi connectivity index (χ0) is 21.9. The Morgan fingerprint density at radius 1 is 1.17 bits per heavy atom. The summed E-state index contributed by atoms with van der Waals surface area (Å²) in [6, 6.07) is 14.2. The van der Waals surface area contributed by atoms with Crippen LogP contribution >= 0.6 is 0 Å². The van der Waals surface area contributed by atoms with Crippen LogP contribution in [0.4, 0.5) is 5.69 Å². The van der Waals surface area contributed by atoms with Gasteiger partial charge in [0.25, 0.3) is 0 Å². The fourth-order valence-electron chi connectivity index (χ4n) is 3.36. The Kier molecular flexibility index (Phi) is 6.21. The number of benzene rings is 2. The first-order valence-electron chi connectivity index (χ1n) is 9.38. The first kappa shape index (κ1) is 21.5. The molecule has 0 aromatic heterocycles. The van der Waals surface area contributed by atoms with Gasteiger partial charge in [-0.1, -0.05) is 42.0 Å². The molecule has 2 aromatic rings. The number of nitrogens with one attached hydrogen (secondary N) is 1. The van der Waals surface area contributed by atoms with E-state index < -0.39 is 16.0 Å². The van der Waals surface area contributed by atoms with Crippen molar-refractivity contribution in [2.24, 2.45) is 5.10 Å². The highest BCUT2D eigenvalue weighted by molar-refractivity contribution is 7.92. The molecular formula is C21H23N3O5S. The Balaban J connectivity index is 1.93. The largest absolute Gasteiger partial charge is 0.481 e. The van der Waals surface area contributed by atoms with Crippen molar-refractivity contribution >= 4 is 33.3 Å². The Labute approximate surface area is 175 Å². The maximum atomic E-state index is 12.7. The summed E-state index contributed by atoms with van der Waals surface area (Å²) < 4.78 is 25.5. The van der Waals surface area contributed by atoms with Crippen LogP contribution in [0.3, 0.4) is 0 Å². The van der Waals surface area contributed by atoms with Crippen molar-refractivity contribution in [2.75, 3.05) is 11.0 Å². The number of hydrogen-bond donors (Lipinski definition) is 2. The topological polar surface area (TPSA) is 116 Å². The summed E-state index contributed by atoms with van der Waals surface area (Å²) in [6.07, 6.45) is 1.09. The van der Waals surface area contributed by atoms with E-state index in [1.165, 1.54) is 5.01 Å². The molecule has 0 unspecified atom stereocenters. The van der Waals surface area contributed by atoms with E-state index in [1.807, 2.05) is 31.2 Å². The van der Waals surface area contributed by atoms with Gasteiger partial charge < -0.3 is 5.11 Å². The number of carboxylic acids is 1. The highest BCUT2D eigenvalue weighted by Gasteiger charge is 2.33. The van der Waals surface area contributed by atoms with E-state index in [4.69, 9.17) is 5.11 Å². The van der Waals surface area contributed by atoms with Gasteiger partial charge >= 0.3 is 5.97 Å². The number of carbonyl (C=O) groups excluding carboxylic acids is 1. The van der Waals surface area contributed by atoms with Crippen LogP contribution in [0.1, 0.15) is 42.0 Å². The van der Waals surface area contributed by atoms with Gasteiger partial charge in [0.1, 0.15) is 0 Å². The van der Waals surface area contributed by atoms with E-state index in [0.29, 0.717) is 23.4 Å². The van der Waals surface area contributed by atoms with Crippen LogP contribution in [-0.4, -0.2) is 42.4 Å². The van der Waals surface area contributed by atoms with Gasteiger partial charge in [0.05, 0.1) is 24.4 Å². The van der Waals surface area contributed by atoms with Gasteiger partial charge in [-0.3, -0.25) is 14.3 Å². The summed E-state index contributed by atoms with van der Waals surface area (Å²) in [7, 11) is -3.43. The fraction of sp³-hybridized carbons (Fsp3) is 0.286. The maximum absolute atomic E-state index is 12.7. The molecule has 1 atom stereocenters. The number of amides is 1. The van der Waals surface area contributed by atoms with E-state index in [2.05, 4.69) is 9.82 Å². The van der Waals surface area contributed by atoms with Gasteiger partial charge in [-0.05, 0) is 30.2 Å². The van der Waals surface area contributed by atoms with Crippen molar-refractivity contribution in [3.8, 4) is 0 Å². The van der Waals surface area contributed by atoms with Crippen LogP contribution in [0.25, 0.3) is 0 Å². The summed E-state index contributed by atoms with van der Waals surface area (Å²) in [5, 5.41) is 14.8. The monoisotopic (exact) mass is 429 g/mol. The smallest absolute Gasteiger partial charge is 0.303 e. The van der Waals surface area contributed by atoms with Crippen LogP contribution < -0.4 is 4.72 Å². The third kappa shape index (κ3) is 5.44. The van der Waals surface area contributed by atoms with E-state index >= 15 is 0 Å². The van der Waals surface area contributed by atoms with Crippen molar-refractivity contribution < 1.29 is 23.1 Å². The number of anilines is 1. The molecule has 0 fully saturated rings. The number of hydrogen-bond acceptors (Lipinski definition) is 5. The minimum atomic E-state index is -3.43. The SMILES string of the molecule is Cc1cccc([C@@H]2CC(c3cccc(NS(C)(=O)=O)c3)=NN2C(=O)CCC(=O)O)c1. The van der Waals surface area contributed by atoms with Crippen LogP contribution in [-0.2, 0) is 19.6 Å². The molecular weight excluding hydrogens is 406 g/mol. The number of rotatable bonds is 7. The summed E-state index contributed by atoms with van der Waals surface area (Å²) in [5.41, 5.74) is 3.67. The molecule has 0 saturated carbocycles. The van der Waals surface area contributed by atoms with E-state index in [9.17, 15) is 18.0 Å². The minimum Gasteiger partial charge on any atom is -0.481 e. The lowest BCUT2D eigenvalue weighted by Gasteiger charge is -2.22. The molecule has 1 aliphatic heterocycles. The van der Waals surface area contributed by atoms with Gasteiger partial charge in [0.15, 0.2) is 0 Å². The summed E-state index contributed by atoms with van der Waals surface area (Å²) >= 11 is 0. The second kappa shape index (κ2) is 8.66. The van der Waals surface area contributed by atoms with E-state index in [0.717, 1.165) is 17.4 Å². The Bertz CT molecular complexity index is 1110. The Morgan fingerprint density at radius 2 is 1.90 bits per heavy atom. The normalized spacial score (nSPS) is 16.3. The molecule has 1 amide bonds. The summed E-state index contributed by atoms with van der Waals surface area (Å²) in [6.45, 7) is 1.96. The second-order valence-corrected chi connectivity index (χ2v) is 9.02. The van der Waals surface area contributed by atoms with Crippen molar-refractivity contribution in [1.29, 1.82) is 0 Å². The number of aryl methyl sites for hydroxylation is 1. The van der Waals surface area contributed by atoms with Crippen molar-refractivity contribution in [1.82, 2.24) is 5.01 Å². The number of nitrogens with zero attached hydrogens (tertiary/aromatic N) is 2. The second-order valence-electron chi connectivity index (χ2n) is 7.27. The third-order valence-corrected chi connectivity index (χ3v) is 5.25. The zero-order valence-electron chi connectivity index (χ0n) is 16.7. The lowest BCUT2D eigenvalue weighted by molar-refractivity contribution is -0.141. The van der Waals surface area contributed by atoms with Crippen LogP contribution in [0.15, 0.2) is 53.6 Å². The molecule has 2 aromatic carbocycles. The van der Waals surface area contributed by atoms with Crippen LogP contribution in [0, 0.1) is 6.92 Å². The van der Waals surface area contributed by atoms with E-state index in [-0.39, 0.29) is 24.8 Å². The molecule has 30 heavy (non-hydrogen) atoms. The van der Waals surface area contributed by atoms with Gasteiger partial charge in [-0.15, -0.1) is 0 Å². The van der Waals surface area contributed by atoms with Gasteiger partial charge in [-0.25, -0.2) is 13.4 Å². The molecule has 2 N–H and O–H groups in total. The van der Waals surface area contributed by atoms with Crippen molar-refractivity contribution in [3.05, 3.63) is 65.2 Å². The van der Waals surface area contributed by atoms with Gasteiger partial charge in [-0.2, -0.15) is 5.10 Å². The van der Waals surface area contributed by atoms with Gasteiger partial charge in [0, 0.05) is 18.5 Å². The Morgan fingerprint density at radius 3 is 2.57 bits per heavy atom. The molecule has 158 valence electrons. The van der Waals surface area contributed by atoms with Crippen LogP contribution in [0.5, 0.6) is 0 Å². The molecule has 0 aliphatic carbocycles. The zero-order valence-corrected chi connectivity index (χ0v) is 17.5. The fourth-order valence-corrected chi connectivity index (χ4v) is 3.91. The predicted molar refractivity (Wildman–Crippen MR) is 114 cm³/mol. The number of sulfonamides is 1. The highest BCUT2D eigenvalue weighted by atomic mass is 32.2. The lowest BCUT2D eigenvalue weighted by Crippen LogP contribution is -2.27. The number of hydrazone groups is 1. The molecule has 1 heterocycles. The third-order valence-electron chi connectivity index (χ3n) is 4.64. The summed E-state index contributed by atoms with van der Waals surface area (Å²) in [4.78, 5) is 23.6. The number of carboxylic acid groups (broad SMARTS) is 1. The van der Waals surface area contributed by atoms with E-state index in [1.54, 1.807) is 24.3 Å². The minimum absolute atomic E-state index is 0.149. The molecule has 1 aliphatic rings. The Hall–Kier alpha value is -3.20. The quantitative estimate of drug-likeness (QED) is 0.702. The molecule has 0 saturated heterocycles. The molecule has 8 nitrogen and oxygen atoms in total. The average Bonchev–Trinajstić information content (AvgIpc) is 3.10. The van der Waals surface area contributed by atoms with Crippen molar-refractivity contribution in [3.63, 3.8) is 0 Å². The molecule has 9 heteroatoms. The molecule has 0 spiro atoms. The maximum Gasteiger partial charge on any atom is 0.303 e. The summed E-state index contributed by atoms with van der Waals surface area (Å²) in [5.74, 6) is -1.41. The van der Waals surface area contributed by atoms with Gasteiger partial charge in [0.2, 0.25) is 15.9 Å². The van der Waals surface area contributed by atoms with Crippen molar-refractivity contribution in [2.45, 2.75) is 32.2 Å². The first-order chi connectivity index (χ1) is 14.1.